The molecule has 1 aromatic carbocycles. The van der Waals surface area contributed by atoms with Crippen LogP contribution >= 0.6 is 0 Å². The lowest BCUT2D eigenvalue weighted by molar-refractivity contribution is -0.120. The summed E-state index contributed by atoms with van der Waals surface area (Å²) < 4.78 is 5.42. The number of amides is 1. The number of likely N-dealkylation sites (N-methyl/N-ethyl adjacent to an activating group) is 1. The van der Waals surface area contributed by atoms with Crippen LogP contribution < -0.4 is 9.64 Å². The summed E-state index contributed by atoms with van der Waals surface area (Å²) in [5.41, 5.74) is 3.49. The van der Waals surface area contributed by atoms with Gasteiger partial charge >= 0.3 is 0 Å². The molecule has 20 heavy (non-hydrogen) atoms. The van der Waals surface area contributed by atoms with Crippen molar-refractivity contribution in [1.82, 2.24) is 9.97 Å². The molecule has 1 aromatic heterocycles. The number of carbonyl (C=O) groups excluding carboxylic acids is 1. The van der Waals surface area contributed by atoms with E-state index in [1.807, 2.05) is 38.1 Å². The Morgan fingerprint density at radius 3 is 2.75 bits per heavy atom. The zero-order chi connectivity index (χ0) is 14.3. The van der Waals surface area contributed by atoms with E-state index in [1.54, 1.807) is 11.9 Å². The summed E-state index contributed by atoms with van der Waals surface area (Å²) >= 11 is 0. The Labute approximate surface area is 117 Å². The minimum Gasteiger partial charge on any atom is -0.482 e. The average molecular weight is 269 g/mol. The Hall–Kier alpha value is -2.43. The standard InChI is InChI=1S/C15H15N3O2/c1-9-6-12(17-10(2)16-9)11-4-5-14-13(7-11)18(3)15(19)8-20-14/h4-7H,8H2,1-3H3. The zero-order valence-corrected chi connectivity index (χ0v) is 11.7. The van der Waals surface area contributed by atoms with Crippen molar-refractivity contribution >= 4 is 11.6 Å². The molecular weight excluding hydrogens is 254 g/mol. The molecule has 1 aliphatic rings. The molecule has 0 fully saturated rings. The maximum absolute atomic E-state index is 11.7. The second-order valence-electron chi connectivity index (χ2n) is 4.87. The van der Waals surface area contributed by atoms with E-state index in [0.717, 1.165) is 34.2 Å². The van der Waals surface area contributed by atoms with E-state index in [2.05, 4.69) is 9.97 Å². The number of carbonyl (C=O) groups is 1. The third-order valence-corrected chi connectivity index (χ3v) is 3.31. The molecule has 0 spiro atoms. The normalized spacial score (nSPS) is 13.9. The molecule has 2 aromatic rings. The van der Waals surface area contributed by atoms with E-state index < -0.39 is 0 Å². The smallest absolute Gasteiger partial charge is 0.264 e. The van der Waals surface area contributed by atoms with Crippen LogP contribution in [-0.4, -0.2) is 29.5 Å². The first-order valence-electron chi connectivity index (χ1n) is 6.40. The number of benzene rings is 1. The molecule has 102 valence electrons. The summed E-state index contributed by atoms with van der Waals surface area (Å²) in [6, 6.07) is 7.68. The van der Waals surface area contributed by atoms with Gasteiger partial charge in [0.2, 0.25) is 0 Å². The van der Waals surface area contributed by atoms with Gasteiger partial charge in [0.25, 0.3) is 5.91 Å². The van der Waals surface area contributed by atoms with Gasteiger partial charge in [0.1, 0.15) is 11.6 Å². The first kappa shape index (κ1) is 12.6. The molecule has 1 amide bonds. The molecule has 2 heterocycles. The molecule has 5 nitrogen and oxygen atoms in total. The zero-order valence-electron chi connectivity index (χ0n) is 11.7. The Morgan fingerprint density at radius 1 is 1.20 bits per heavy atom. The highest BCUT2D eigenvalue weighted by Crippen LogP contribution is 2.34. The minimum atomic E-state index is -0.0512. The summed E-state index contributed by atoms with van der Waals surface area (Å²) in [6.07, 6.45) is 0. The van der Waals surface area contributed by atoms with Crippen LogP contribution in [0, 0.1) is 13.8 Å². The number of hydrogen-bond acceptors (Lipinski definition) is 4. The number of rotatable bonds is 1. The lowest BCUT2D eigenvalue weighted by atomic mass is 10.1. The van der Waals surface area contributed by atoms with Crippen molar-refractivity contribution in [2.75, 3.05) is 18.6 Å². The van der Waals surface area contributed by atoms with Gasteiger partial charge in [0, 0.05) is 18.3 Å². The molecule has 1 aliphatic heterocycles. The summed E-state index contributed by atoms with van der Waals surface area (Å²) in [5.74, 6) is 1.40. The van der Waals surface area contributed by atoms with Crippen molar-refractivity contribution in [3.05, 3.63) is 35.8 Å². The Balaban J connectivity index is 2.10. The van der Waals surface area contributed by atoms with Gasteiger partial charge in [-0.3, -0.25) is 4.79 Å². The molecule has 0 radical (unpaired) electrons. The molecule has 3 rings (SSSR count). The summed E-state index contributed by atoms with van der Waals surface area (Å²) in [4.78, 5) is 22.0. The van der Waals surface area contributed by atoms with Crippen molar-refractivity contribution in [1.29, 1.82) is 0 Å². The number of anilines is 1. The van der Waals surface area contributed by atoms with Gasteiger partial charge in [0.15, 0.2) is 6.61 Å². The summed E-state index contributed by atoms with van der Waals surface area (Å²) in [6.45, 7) is 3.90. The fraction of sp³-hybridized carbons (Fsp3) is 0.267. The Bertz CT molecular complexity index is 677. The van der Waals surface area contributed by atoms with E-state index in [-0.39, 0.29) is 12.5 Å². The Morgan fingerprint density at radius 2 is 2.00 bits per heavy atom. The number of fused-ring (bicyclic) bond motifs is 1. The number of aromatic nitrogens is 2. The van der Waals surface area contributed by atoms with E-state index in [0.29, 0.717) is 0 Å². The molecular formula is C15H15N3O2. The number of nitrogens with zero attached hydrogens (tertiary/aromatic N) is 3. The number of hydrogen-bond donors (Lipinski definition) is 0. The third kappa shape index (κ3) is 2.11. The molecule has 0 bridgehead atoms. The topological polar surface area (TPSA) is 55.3 Å². The quantitative estimate of drug-likeness (QED) is 0.795. The lowest BCUT2D eigenvalue weighted by Crippen LogP contribution is -2.35. The lowest BCUT2D eigenvalue weighted by Gasteiger charge is -2.26. The van der Waals surface area contributed by atoms with Crippen LogP contribution in [0.2, 0.25) is 0 Å². The van der Waals surface area contributed by atoms with Crippen molar-refractivity contribution in [3.63, 3.8) is 0 Å². The van der Waals surface area contributed by atoms with Gasteiger partial charge in [0.05, 0.1) is 11.4 Å². The predicted octanol–water partition coefficient (Wildman–Crippen LogP) is 2.12. The molecule has 5 heteroatoms. The van der Waals surface area contributed by atoms with E-state index in [9.17, 15) is 4.79 Å². The van der Waals surface area contributed by atoms with Crippen LogP contribution in [0.25, 0.3) is 11.3 Å². The monoisotopic (exact) mass is 269 g/mol. The number of aryl methyl sites for hydroxylation is 2. The fourth-order valence-corrected chi connectivity index (χ4v) is 2.30. The van der Waals surface area contributed by atoms with Crippen molar-refractivity contribution in [3.8, 4) is 17.0 Å². The van der Waals surface area contributed by atoms with Gasteiger partial charge in [-0.1, -0.05) is 0 Å². The molecule has 0 unspecified atom stereocenters. The highest BCUT2D eigenvalue weighted by Gasteiger charge is 2.22. The highest BCUT2D eigenvalue weighted by atomic mass is 16.5. The van der Waals surface area contributed by atoms with Gasteiger partial charge < -0.3 is 9.64 Å². The summed E-state index contributed by atoms with van der Waals surface area (Å²) in [5, 5.41) is 0. The van der Waals surface area contributed by atoms with Crippen LogP contribution in [0.4, 0.5) is 5.69 Å². The van der Waals surface area contributed by atoms with Crippen molar-refractivity contribution in [2.45, 2.75) is 13.8 Å². The maximum Gasteiger partial charge on any atom is 0.264 e. The number of ether oxygens (including phenoxy) is 1. The molecule has 0 atom stereocenters. The Kier molecular flexibility index (Phi) is 2.89. The fourth-order valence-electron chi connectivity index (χ4n) is 2.30. The first-order chi connectivity index (χ1) is 9.54. The van der Waals surface area contributed by atoms with Crippen LogP contribution in [0.3, 0.4) is 0 Å². The second kappa shape index (κ2) is 4.59. The van der Waals surface area contributed by atoms with Gasteiger partial charge in [-0.05, 0) is 38.1 Å². The molecule has 0 aliphatic carbocycles. The predicted molar refractivity (Wildman–Crippen MR) is 75.8 cm³/mol. The van der Waals surface area contributed by atoms with E-state index in [1.165, 1.54) is 0 Å². The molecule has 0 N–H and O–H groups in total. The molecule has 0 saturated carbocycles. The van der Waals surface area contributed by atoms with E-state index >= 15 is 0 Å². The van der Waals surface area contributed by atoms with E-state index in [4.69, 9.17) is 4.74 Å². The summed E-state index contributed by atoms with van der Waals surface area (Å²) in [7, 11) is 1.75. The second-order valence-corrected chi connectivity index (χ2v) is 4.87. The largest absolute Gasteiger partial charge is 0.482 e. The minimum absolute atomic E-state index is 0.0512. The SMILES string of the molecule is Cc1cc(-c2ccc3c(c2)N(C)C(=O)CO3)nc(C)n1. The average Bonchev–Trinajstić information content (AvgIpc) is 2.42. The molecule has 0 saturated heterocycles. The van der Waals surface area contributed by atoms with Crippen LogP contribution in [0.15, 0.2) is 24.3 Å². The van der Waals surface area contributed by atoms with Gasteiger partial charge in [-0.2, -0.15) is 0 Å². The van der Waals surface area contributed by atoms with Crippen molar-refractivity contribution < 1.29 is 9.53 Å². The highest BCUT2D eigenvalue weighted by molar-refractivity contribution is 5.98. The van der Waals surface area contributed by atoms with Crippen LogP contribution in [-0.2, 0) is 4.79 Å². The van der Waals surface area contributed by atoms with Crippen LogP contribution in [0.1, 0.15) is 11.5 Å². The van der Waals surface area contributed by atoms with Gasteiger partial charge in [-0.15, -0.1) is 0 Å². The maximum atomic E-state index is 11.7. The van der Waals surface area contributed by atoms with Crippen molar-refractivity contribution in [2.24, 2.45) is 0 Å². The third-order valence-electron chi connectivity index (χ3n) is 3.31. The first-order valence-corrected chi connectivity index (χ1v) is 6.40. The van der Waals surface area contributed by atoms with Crippen LogP contribution in [0.5, 0.6) is 5.75 Å². The van der Waals surface area contributed by atoms with Gasteiger partial charge in [-0.25, -0.2) is 9.97 Å².